The lowest BCUT2D eigenvalue weighted by Crippen LogP contribution is -2.10. The van der Waals surface area contributed by atoms with Gasteiger partial charge in [-0.3, -0.25) is 9.36 Å². The second kappa shape index (κ2) is 6.09. The van der Waals surface area contributed by atoms with Gasteiger partial charge in [-0.2, -0.15) is 0 Å². The van der Waals surface area contributed by atoms with E-state index in [1.165, 1.54) is 0 Å². The predicted octanol–water partition coefficient (Wildman–Crippen LogP) is 3.51. The van der Waals surface area contributed by atoms with Gasteiger partial charge in [-0.25, -0.2) is 4.98 Å². The Morgan fingerprint density at radius 1 is 1.12 bits per heavy atom. The highest BCUT2D eigenvalue weighted by atomic mass is 16.5. The van der Waals surface area contributed by atoms with Gasteiger partial charge in [-0.05, 0) is 31.2 Å². The zero-order chi connectivity index (χ0) is 16.5. The van der Waals surface area contributed by atoms with Crippen molar-refractivity contribution >= 4 is 16.8 Å². The number of hydrogen-bond acceptors (Lipinski definition) is 4. The highest BCUT2D eigenvalue weighted by Crippen LogP contribution is 2.40. The SMILES string of the molecule is CCOCCCOc1c2c(nc3ccccc13)-c1cccn1C2=O. The summed E-state index contributed by atoms with van der Waals surface area (Å²) >= 11 is 0. The minimum atomic E-state index is -0.0805. The molecule has 0 spiro atoms. The molecule has 122 valence electrons. The zero-order valence-corrected chi connectivity index (χ0v) is 13.5. The molecule has 0 saturated carbocycles. The van der Waals surface area contributed by atoms with Crippen molar-refractivity contribution in [2.24, 2.45) is 0 Å². The van der Waals surface area contributed by atoms with Gasteiger partial charge in [0.05, 0.1) is 17.8 Å². The predicted molar refractivity (Wildman–Crippen MR) is 91.5 cm³/mol. The van der Waals surface area contributed by atoms with Gasteiger partial charge < -0.3 is 9.47 Å². The molecule has 24 heavy (non-hydrogen) atoms. The number of benzene rings is 1. The van der Waals surface area contributed by atoms with Crippen molar-refractivity contribution in [2.75, 3.05) is 19.8 Å². The monoisotopic (exact) mass is 322 g/mol. The fourth-order valence-corrected chi connectivity index (χ4v) is 3.07. The summed E-state index contributed by atoms with van der Waals surface area (Å²) in [5.41, 5.74) is 2.91. The van der Waals surface area contributed by atoms with Crippen molar-refractivity contribution in [1.82, 2.24) is 9.55 Å². The zero-order valence-electron chi connectivity index (χ0n) is 13.5. The van der Waals surface area contributed by atoms with E-state index in [0.29, 0.717) is 36.8 Å². The lowest BCUT2D eigenvalue weighted by Gasteiger charge is -2.13. The molecule has 3 aromatic rings. The van der Waals surface area contributed by atoms with Crippen LogP contribution in [0, 0.1) is 0 Å². The summed E-state index contributed by atoms with van der Waals surface area (Å²) < 4.78 is 13.0. The first-order chi connectivity index (χ1) is 11.8. The maximum atomic E-state index is 12.8. The van der Waals surface area contributed by atoms with Crippen molar-refractivity contribution in [3.05, 3.63) is 48.2 Å². The van der Waals surface area contributed by atoms with Gasteiger partial charge in [0.1, 0.15) is 17.0 Å². The summed E-state index contributed by atoms with van der Waals surface area (Å²) in [5.74, 6) is 0.545. The van der Waals surface area contributed by atoms with E-state index in [1.54, 1.807) is 10.8 Å². The van der Waals surface area contributed by atoms with Crippen LogP contribution in [0.15, 0.2) is 42.6 Å². The Kier molecular flexibility index (Phi) is 3.78. The van der Waals surface area contributed by atoms with Gasteiger partial charge in [0.25, 0.3) is 5.91 Å². The maximum absolute atomic E-state index is 12.8. The van der Waals surface area contributed by atoms with E-state index < -0.39 is 0 Å². The standard InChI is InChI=1S/C19H18N2O3/c1-2-23-11-6-12-24-18-13-7-3-4-8-14(13)20-17-15-9-5-10-21(15)19(22)16(17)18/h3-5,7-10H,2,6,11-12H2,1H3. The summed E-state index contributed by atoms with van der Waals surface area (Å²) in [4.78, 5) is 17.5. The molecule has 0 saturated heterocycles. The van der Waals surface area contributed by atoms with Crippen LogP contribution >= 0.6 is 0 Å². The lowest BCUT2D eigenvalue weighted by molar-refractivity contribution is 0.0964. The Morgan fingerprint density at radius 2 is 2.00 bits per heavy atom. The molecule has 1 aliphatic rings. The first-order valence-corrected chi connectivity index (χ1v) is 8.17. The van der Waals surface area contributed by atoms with Crippen LogP contribution in [0.1, 0.15) is 23.7 Å². The van der Waals surface area contributed by atoms with Crippen LogP contribution in [0.4, 0.5) is 0 Å². The van der Waals surface area contributed by atoms with E-state index in [2.05, 4.69) is 0 Å². The van der Waals surface area contributed by atoms with E-state index in [9.17, 15) is 4.79 Å². The molecule has 0 radical (unpaired) electrons. The molecule has 1 aromatic carbocycles. The fourth-order valence-electron chi connectivity index (χ4n) is 3.07. The number of pyridine rings is 1. The topological polar surface area (TPSA) is 53.4 Å². The highest BCUT2D eigenvalue weighted by Gasteiger charge is 2.32. The number of para-hydroxylation sites is 1. The van der Waals surface area contributed by atoms with Crippen molar-refractivity contribution in [3.63, 3.8) is 0 Å². The average molecular weight is 322 g/mol. The quantitative estimate of drug-likeness (QED) is 0.510. The third kappa shape index (κ3) is 2.29. The number of carbonyl (C=O) groups excluding carboxylic acids is 1. The molecule has 0 atom stereocenters. The number of carbonyl (C=O) groups is 1. The minimum absolute atomic E-state index is 0.0805. The Bertz CT molecular complexity index is 914. The van der Waals surface area contributed by atoms with Crippen molar-refractivity contribution in [1.29, 1.82) is 0 Å². The fraction of sp³-hybridized carbons (Fsp3) is 0.263. The third-order valence-corrected chi connectivity index (χ3v) is 4.15. The second-order valence-electron chi connectivity index (χ2n) is 5.65. The lowest BCUT2D eigenvalue weighted by atomic mass is 10.1. The van der Waals surface area contributed by atoms with Gasteiger partial charge in [-0.1, -0.05) is 12.1 Å². The molecular weight excluding hydrogens is 304 g/mol. The number of ether oxygens (including phenoxy) is 2. The summed E-state index contributed by atoms with van der Waals surface area (Å²) in [6.45, 7) is 3.82. The van der Waals surface area contributed by atoms with E-state index in [-0.39, 0.29) is 5.91 Å². The molecule has 5 nitrogen and oxygen atoms in total. The van der Waals surface area contributed by atoms with Crippen LogP contribution in [0.2, 0.25) is 0 Å². The number of rotatable bonds is 6. The van der Waals surface area contributed by atoms with Crippen molar-refractivity contribution in [2.45, 2.75) is 13.3 Å². The van der Waals surface area contributed by atoms with Crippen LogP contribution in [-0.4, -0.2) is 35.3 Å². The minimum Gasteiger partial charge on any atom is -0.492 e. The number of fused-ring (bicyclic) bond motifs is 4. The first kappa shape index (κ1) is 14.9. The normalized spacial score (nSPS) is 12.5. The molecule has 0 amide bonds. The van der Waals surface area contributed by atoms with Gasteiger partial charge >= 0.3 is 0 Å². The van der Waals surface area contributed by atoms with Gasteiger partial charge in [0.2, 0.25) is 0 Å². The molecule has 0 N–H and O–H groups in total. The van der Waals surface area contributed by atoms with Gasteiger partial charge in [-0.15, -0.1) is 0 Å². The largest absolute Gasteiger partial charge is 0.492 e. The van der Waals surface area contributed by atoms with Crippen molar-refractivity contribution < 1.29 is 14.3 Å². The summed E-state index contributed by atoms with van der Waals surface area (Å²) in [6.07, 6.45) is 2.54. The molecule has 0 aliphatic carbocycles. The van der Waals surface area contributed by atoms with E-state index in [0.717, 1.165) is 23.0 Å². The highest BCUT2D eigenvalue weighted by molar-refractivity contribution is 6.13. The van der Waals surface area contributed by atoms with Gasteiger partial charge in [0.15, 0.2) is 0 Å². The molecule has 3 heterocycles. The molecular formula is C19H18N2O3. The van der Waals surface area contributed by atoms with E-state index in [4.69, 9.17) is 14.5 Å². The molecule has 4 rings (SSSR count). The number of nitrogens with zero attached hydrogens (tertiary/aromatic N) is 2. The van der Waals surface area contributed by atoms with Crippen LogP contribution in [-0.2, 0) is 4.74 Å². The van der Waals surface area contributed by atoms with Crippen LogP contribution in [0.25, 0.3) is 22.3 Å². The number of aromatic nitrogens is 2. The second-order valence-corrected chi connectivity index (χ2v) is 5.65. The third-order valence-electron chi connectivity index (χ3n) is 4.15. The molecule has 5 heteroatoms. The Labute approximate surface area is 139 Å². The number of hydrogen-bond donors (Lipinski definition) is 0. The first-order valence-electron chi connectivity index (χ1n) is 8.17. The van der Waals surface area contributed by atoms with Crippen molar-refractivity contribution in [3.8, 4) is 17.1 Å². The van der Waals surface area contributed by atoms with E-state index >= 15 is 0 Å². The molecule has 0 unspecified atom stereocenters. The Hall–Kier alpha value is -2.66. The van der Waals surface area contributed by atoms with Crippen LogP contribution in [0.3, 0.4) is 0 Å². The average Bonchev–Trinajstić information content (AvgIpc) is 3.18. The van der Waals surface area contributed by atoms with E-state index in [1.807, 2.05) is 43.3 Å². The summed E-state index contributed by atoms with van der Waals surface area (Å²) in [7, 11) is 0. The molecule has 0 fully saturated rings. The Balaban J connectivity index is 1.78. The molecule has 0 bridgehead atoms. The molecule has 2 aromatic heterocycles. The Morgan fingerprint density at radius 3 is 2.88 bits per heavy atom. The summed E-state index contributed by atoms with van der Waals surface area (Å²) in [5, 5.41) is 0.867. The van der Waals surface area contributed by atoms with Gasteiger partial charge in [0, 0.05) is 31.2 Å². The molecule has 1 aliphatic heterocycles. The van der Waals surface area contributed by atoms with Crippen LogP contribution in [0.5, 0.6) is 5.75 Å². The van der Waals surface area contributed by atoms with Crippen LogP contribution < -0.4 is 4.74 Å². The smallest absolute Gasteiger partial charge is 0.268 e. The summed E-state index contributed by atoms with van der Waals surface area (Å²) in [6, 6.07) is 11.5. The maximum Gasteiger partial charge on any atom is 0.268 e.